The molecule has 0 aromatic heterocycles. The number of ketones is 1. The minimum Gasteiger partial charge on any atom is -0.330 e. The van der Waals surface area contributed by atoms with Crippen LogP contribution in [0.15, 0.2) is 59.5 Å². The number of nitrogens with zero attached hydrogens (tertiary/aromatic N) is 1. The van der Waals surface area contributed by atoms with Crippen molar-refractivity contribution in [2.24, 2.45) is 5.73 Å². The van der Waals surface area contributed by atoms with Gasteiger partial charge in [-0.15, -0.1) is 0 Å². The van der Waals surface area contributed by atoms with Gasteiger partial charge in [-0.3, -0.25) is 4.79 Å². The van der Waals surface area contributed by atoms with Crippen molar-refractivity contribution < 1.29 is 13.2 Å². The molecule has 0 aliphatic heterocycles. The third-order valence-electron chi connectivity index (χ3n) is 3.69. The third-order valence-corrected chi connectivity index (χ3v) is 5.53. The van der Waals surface area contributed by atoms with Gasteiger partial charge in [0.1, 0.15) is 0 Å². The molecule has 0 fully saturated rings. The number of carbonyl (C=O) groups excluding carboxylic acids is 1. The summed E-state index contributed by atoms with van der Waals surface area (Å²) in [5.41, 5.74) is 6.84. The van der Waals surface area contributed by atoms with Gasteiger partial charge in [0.05, 0.1) is 4.90 Å². The van der Waals surface area contributed by atoms with Crippen LogP contribution in [0.3, 0.4) is 0 Å². The molecular formula is C18H22N2O3S. The Hall–Kier alpha value is -2.02. The summed E-state index contributed by atoms with van der Waals surface area (Å²) in [5.74, 6) is -0.163. The molecule has 6 heteroatoms. The number of sulfonamides is 1. The fraction of sp³-hybridized carbons (Fsp3) is 0.278. The molecule has 0 spiro atoms. The largest absolute Gasteiger partial charge is 0.330 e. The molecule has 0 radical (unpaired) electrons. The smallest absolute Gasteiger partial charge is 0.243 e. The zero-order chi connectivity index (χ0) is 17.6. The van der Waals surface area contributed by atoms with E-state index in [9.17, 15) is 13.2 Å². The number of rotatable bonds is 8. The Labute approximate surface area is 143 Å². The van der Waals surface area contributed by atoms with Gasteiger partial charge in [-0.2, -0.15) is 4.31 Å². The van der Waals surface area contributed by atoms with Gasteiger partial charge in [0.2, 0.25) is 10.0 Å². The van der Waals surface area contributed by atoms with E-state index in [4.69, 9.17) is 5.73 Å². The molecule has 0 saturated heterocycles. The van der Waals surface area contributed by atoms with Crippen molar-refractivity contribution in [1.29, 1.82) is 0 Å². The van der Waals surface area contributed by atoms with Crippen molar-refractivity contribution in [2.45, 2.75) is 24.8 Å². The van der Waals surface area contributed by atoms with Crippen molar-refractivity contribution in [3.63, 3.8) is 0 Å². The molecule has 24 heavy (non-hydrogen) atoms. The highest BCUT2D eigenvalue weighted by atomic mass is 32.2. The predicted molar refractivity (Wildman–Crippen MR) is 94.2 cm³/mol. The Morgan fingerprint density at radius 2 is 1.79 bits per heavy atom. The van der Waals surface area contributed by atoms with E-state index < -0.39 is 10.0 Å². The maximum absolute atomic E-state index is 13.0. The van der Waals surface area contributed by atoms with Gasteiger partial charge in [-0.25, -0.2) is 8.42 Å². The first-order chi connectivity index (χ1) is 11.4. The molecule has 0 atom stereocenters. The fourth-order valence-corrected chi connectivity index (χ4v) is 3.88. The quantitative estimate of drug-likeness (QED) is 0.745. The van der Waals surface area contributed by atoms with Crippen LogP contribution >= 0.6 is 0 Å². The first-order valence-corrected chi connectivity index (χ1v) is 9.24. The van der Waals surface area contributed by atoms with Crippen LogP contribution in [0.2, 0.25) is 0 Å². The second kappa shape index (κ2) is 8.19. The topological polar surface area (TPSA) is 80.5 Å². The van der Waals surface area contributed by atoms with Crippen molar-refractivity contribution >= 4 is 15.8 Å². The Bertz CT molecular complexity index is 789. The second-order valence-electron chi connectivity index (χ2n) is 5.55. The minimum atomic E-state index is -3.70. The Morgan fingerprint density at radius 3 is 2.42 bits per heavy atom. The lowest BCUT2D eigenvalue weighted by molar-refractivity contribution is 0.101. The summed E-state index contributed by atoms with van der Waals surface area (Å²) < 4.78 is 27.4. The number of benzene rings is 2. The van der Waals surface area contributed by atoms with E-state index in [1.165, 1.54) is 23.4 Å². The van der Waals surface area contributed by atoms with E-state index in [-0.39, 0.29) is 17.2 Å². The predicted octanol–water partition coefficient (Wildman–Crippen LogP) is 2.43. The number of carbonyl (C=O) groups is 1. The van der Waals surface area contributed by atoms with Crippen molar-refractivity contribution in [3.05, 3.63) is 65.7 Å². The molecule has 2 aromatic carbocycles. The van der Waals surface area contributed by atoms with Crippen LogP contribution in [0.5, 0.6) is 0 Å². The highest BCUT2D eigenvalue weighted by Crippen LogP contribution is 2.20. The van der Waals surface area contributed by atoms with Gasteiger partial charge in [0.15, 0.2) is 5.78 Å². The van der Waals surface area contributed by atoms with Gasteiger partial charge in [-0.05, 0) is 37.6 Å². The molecule has 0 saturated carbocycles. The maximum atomic E-state index is 13.0. The molecule has 5 nitrogen and oxygen atoms in total. The first kappa shape index (κ1) is 18.3. The van der Waals surface area contributed by atoms with Crippen LogP contribution in [-0.4, -0.2) is 31.6 Å². The van der Waals surface area contributed by atoms with E-state index in [0.29, 0.717) is 25.1 Å². The maximum Gasteiger partial charge on any atom is 0.243 e. The summed E-state index contributed by atoms with van der Waals surface area (Å²) in [4.78, 5) is 11.7. The average molecular weight is 346 g/mol. The average Bonchev–Trinajstić information content (AvgIpc) is 2.59. The second-order valence-corrected chi connectivity index (χ2v) is 7.49. The fourth-order valence-electron chi connectivity index (χ4n) is 2.36. The van der Waals surface area contributed by atoms with Gasteiger partial charge in [0.25, 0.3) is 0 Å². The van der Waals surface area contributed by atoms with Gasteiger partial charge >= 0.3 is 0 Å². The van der Waals surface area contributed by atoms with Crippen LogP contribution in [0.4, 0.5) is 0 Å². The molecule has 0 aliphatic carbocycles. The van der Waals surface area contributed by atoms with Gasteiger partial charge in [-0.1, -0.05) is 42.5 Å². The van der Waals surface area contributed by atoms with Crippen LogP contribution in [-0.2, 0) is 16.6 Å². The van der Waals surface area contributed by atoms with Gasteiger partial charge < -0.3 is 5.73 Å². The number of hydrogen-bond acceptors (Lipinski definition) is 4. The zero-order valence-electron chi connectivity index (χ0n) is 13.7. The molecular weight excluding hydrogens is 324 g/mol. The summed E-state index contributed by atoms with van der Waals surface area (Å²) >= 11 is 0. The zero-order valence-corrected chi connectivity index (χ0v) is 14.5. The molecule has 0 aliphatic rings. The lowest BCUT2D eigenvalue weighted by atomic mass is 10.2. The molecule has 2 rings (SSSR count). The first-order valence-electron chi connectivity index (χ1n) is 7.80. The Balaban J connectivity index is 2.36. The normalized spacial score (nSPS) is 11.6. The molecule has 0 bridgehead atoms. The summed E-state index contributed by atoms with van der Waals surface area (Å²) in [6, 6.07) is 15.6. The lowest BCUT2D eigenvalue weighted by Crippen LogP contribution is -2.32. The Kier molecular flexibility index (Phi) is 6.25. The summed E-state index contributed by atoms with van der Waals surface area (Å²) in [7, 11) is -3.70. The molecule has 128 valence electrons. The number of Topliss-reactive ketones (excluding diaryl/α,β-unsaturated/α-hetero) is 1. The Morgan fingerprint density at radius 1 is 1.08 bits per heavy atom. The SMILES string of the molecule is CC(=O)c1cccc(S(=O)(=O)N(CCCN)Cc2ccccc2)c1. The van der Waals surface area contributed by atoms with Crippen LogP contribution in [0, 0.1) is 0 Å². The molecule has 0 amide bonds. The van der Waals surface area contributed by atoms with E-state index in [0.717, 1.165) is 5.56 Å². The van der Waals surface area contributed by atoms with Crippen molar-refractivity contribution in [2.75, 3.05) is 13.1 Å². The van der Waals surface area contributed by atoms with Crippen molar-refractivity contribution in [3.8, 4) is 0 Å². The van der Waals surface area contributed by atoms with Crippen molar-refractivity contribution in [1.82, 2.24) is 4.31 Å². The minimum absolute atomic E-state index is 0.128. The summed E-state index contributed by atoms with van der Waals surface area (Å²) in [6.45, 7) is 2.43. The summed E-state index contributed by atoms with van der Waals surface area (Å²) in [5, 5.41) is 0. The van der Waals surface area contributed by atoms with E-state index in [1.807, 2.05) is 30.3 Å². The van der Waals surface area contributed by atoms with Crippen LogP contribution < -0.4 is 5.73 Å². The number of nitrogens with two attached hydrogens (primary N) is 1. The monoisotopic (exact) mass is 346 g/mol. The lowest BCUT2D eigenvalue weighted by Gasteiger charge is -2.22. The van der Waals surface area contributed by atoms with Crippen LogP contribution in [0.25, 0.3) is 0 Å². The highest BCUT2D eigenvalue weighted by molar-refractivity contribution is 7.89. The molecule has 2 aromatic rings. The standard InChI is InChI=1S/C18H22N2O3S/c1-15(21)17-9-5-10-18(13-17)24(22,23)20(12-6-11-19)14-16-7-3-2-4-8-16/h2-5,7-10,13H,6,11-12,14,19H2,1H3. The summed E-state index contributed by atoms with van der Waals surface area (Å²) in [6.07, 6.45) is 0.568. The van der Waals surface area contributed by atoms with E-state index in [2.05, 4.69) is 0 Å². The highest BCUT2D eigenvalue weighted by Gasteiger charge is 2.24. The molecule has 2 N–H and O–H groups in total. The van der Waals surface area contributed by atoms with Crippen LogP contribution in [0.1, 0.15) is 29.3 Å². The molecule has 0 heterocycles. The third kappa shape index (κ3) is 4.50. The van der Waals surface area contributed by atoms with Gasteiger partial charge in [0, 0.05) is 18.7 Å². The molecule has 0 unspecified atom stereocenters. The van der Waals surface area contributed by atoms with E-state index >= 15 is 0 Å². The van der Waals surface area contributed by atoms with E-state index in [1.54, 1.807) is 12.1 Å². The number of hydrogen-bond donors (Lipinski definition) is 1.